The van der Waals surface area contributed by atoms with Crippen molar-refractivity contribution in [2.75, 3.05) is 31.1 Å². The Morgan fingerprint density at radius 1 is 1.00 bits per heavy atom. The second-order valence-electron chi connectivity index (χ2n) is 5.91. The van der Waals surface area contributed by atoms with E-state index in [1.54, 1.807) is 0 Å². The largest absolute Gasteiger partial charge is 0.443 e. The molecule has 0 aromatic heterocycles. The van der Waals surface area contributed by atoms with Gasteiger partial charge in [0.05, 0.1) is 10.7 Å². The molecule has 7 heteroatoms. The first-order valence-corrected chi connectivity index (χ1v) is 9.98. The van der Waals surface area contributed by atoms with E-state index in [9.17, 15) is 5.11 Å². The van der Waals surface area contributed by atoms with Crippen LogP contribution in [0.1, 0.15) is 5.56 Å². The number of ether oxygens (including phenoxy) is 1. The van der Waals surface area contributed by atoms with Gasteiger partial charge in [-0.2, -0.15) is 0 Å². The van der Waals surface area contributed by atoms with Crippen LogP contribution >= 0.6 is 43.5 Å². The van der Waals surface area contributed by atoms with E-state index in [0.29, 0.717) is 5.75 Å². The Morgan fingerprint density at radius 3 is 2.32 bits per heavy atom. The van der Waals surface area contributed by atoms with Crippen LogP contribution in [0.5, 0.6) is 5.75 Å². The average molecular weight is 491 g/mol. The Bertz CT molecular complexity index is 716. The fourth-order valence-corrected chi connectivity index (χ4v) is 3.57. The zero-order valence-corrected chi connectivity index (χ0v) is 17.5. The van der Waals surface area contributed by atoms with E-state index < -0.39 is 3.61 Å². The van der Waals surface area contributed by atoms with Gasteiger partial charge in [-0.05, 0) is 18.2 Å². The lowest BCUT2D eigenvalue weighted by atomic mass is 10.1. The van der Waals surface area contributed by atoms with E-state index in [2.05, 4.69) is 47.7 Å². The smallest absolute Gasteiger partial charge is 0.324 e. The molecular formula is C18H19Br2ClN2O2. The second kappa shape index (κ2) is 8.27. The average Bonchev–Trinajstić information content (AvgIpc) is 2.57. The molecule has 0 aliphatic carbocycles. The number of hydrogen-bond donors (Lipinski definition) is 1. The van der Waals surface area contributed by atoms with Crippen molar-refractivity contribution < 1.29 is 9.84 Å². The van der Waals surface area contributed by atoms with E-state index in [4.69, 9.17) is 16.3 Å². The highest BCUT2D eigenvalue weighted by Gasteiger charge is 2.23. The Hall–Kier alpha value is -0.790. The SMILES string of the molecule is OC(Br)(Br)Oc1ccccc1CN1CCN(c2ccccc2Cl)CC1. The summed E-state index contributed by atoms with van der Waals surface area (Å²) in [5.41, 5.74) is 2.13. The predicted octanol–water partition coefficient (Wildman–Crippen LogP) is 4.43. The zero-order valence-electron chi connectivity index (χ0n) is 13.5. The monoisotopic (exact) mass is 488 g/mol. The lowest BCUT2D eigenvalue weighted by Gasteiger charge is -2.36. The maximum absolute atomic E-state index is 9.77. The molecule has 1 saturated heterocycles. The van der Waals surface area contributed by atoms with Crippen LogP contribution in [-0.2, 0) is 6.54 Å². The normalized spacial score (nSPS) is 16.1. The minimum atomic E-state index is -1.56. The van der Waals surface area contributed by atoms with Crippen LogP contribution < -0.4 is 9.64 Å². The van der Waals surface area contributed by atoms with Crippen LogP contribution in [0, 0.1) is 0 Å². The van der Waals surface area contributed by atoms with Crippen molar-refractivity contribution in [2.45, 2.75) is 10.2 Å². The third-order valence-electron chi connectivity index (χ3n) is 4.16. The molecular weight excluding hydrogens is 471 g/mol. The molecule has 2 aromatic carbocycles. The van der Waals surface area contributed by atoms with Crippen molar-refractivity contribution in [2.24, 2.45) is 0 Å². The van der Waals surface area contributed by atoms with Crippen LogP contribution in [-0.4, -0.2) is 39.8 Å². The number of piperazine rings is 1. The summed E-state index contributed by atoms with van der Waals surface area (Å²) in [6, 6.07) is 15.7. The van der Waals surface area contributed by atoms with E-state index in [1.807, 2.05) is 42.5 Å². The highest BCUT2D eigenvalue weighted by atomic mass is 79.9. The predicted molar refractivity (Wildman–Crippen MR) is 109 cm³/mol. The summed E-state index contributed by atoms with van der Waals surface area (Å²) in [7, 11) is 0. The van der Waals surface area contributed by atoms with Gasteiger partial charge < -0.3 is 14.7 Å². The van der Waals surface area contributed by atoms with E-state index in [1.165, 1.54) is 0 Å². The van der Waals surface area contributed by atoms with Gasteiger partial charge in [0, 0.05) is 70.1 Å². The van der Waals surface area contributed by atoms with E-state index in [0.717, 1.165) is 49.0 Å². The fourth-order valence-electron chi connectivity index (χ4n) is 2.96. The third kappa shape index (κ3) is 5.34. The van der Waals surface area contributed by atoms with Gasteiger partial charge in [-0.15, -0.1) is 0 Å². The fraction of sp³-hybridized carbons (Fsp3) is 0.333. The molecule has 1 N–H and O–H groups in total. The van der Waals surface area contributed by atoms with Crippen molar-refractivity contribution in [1.29, 1.82) is 0 Å². The quantitative estimate of drug-likeness (QED) is 0.497. The Morgan fingerprint density at radius 2 is 1.64 bits per heavy atom. The van der Waals surface area contributed by atoms with Crippen molar-refractivity contribution in [3.8, 4) is 5.75 Å². The Balaban J connectivity index is 1.62. The van der Waals surface area contributed by atoms with Crippen molar-refractivity contribution in [1.82, 2.24) is 4.90 Å². The minimum absolute atomic E-state index is 0.646. The molecule has 4 nitrogen and oxygen atoms in total. The van der Waals surface area contributed by atoms with Crippen LogP contribution in [0.2, 0.25) is 5.02 Å². The van der Waals surface area contributed by atoms with Gasteiger partial charge in [-0.25, -0.2) is 0 Å². The molecule has 0 radical (unpaired) electrons. The molecule has 1 fully saturated rings. The molecule has 0 bridgehead atoms. The number of para-hydroxylation sites is 2. The number of aliphatic hydroxyl groups is 1. The Kier molecular flexibility index (Phi) is 6.28. The molecule has 1 aliphatic heterocycles. The van der Waals surface area contributed by atoms with Gasteiger partial charge in [-0.1, -0.05) is 41.9 Å². The van der Waals surface area contributed by atoms with Gasteiger partial charge in [0.25, 0.3) is 0 Å². The lowest BCUT2D eigenvalue weighted by molar-refractivity contribution is 0.0414. The number of anilines is 1. The highest BCUT2D eigenvalue weighted by molar-refractivity contribution is 9.25. The summed E-state index contributed by atoms with van der Waals surface area (Å²) in [6.45, 7) is 4.49. The maximum atomic E-state index is 9.77. The molecule has 0 atom stereocenters. The first-order chi connectivity index (χ1) is 11.9. The van der Waals surface area contributed by atoms with Crippen LogP contribution in [0.25, 0.3) is 0 Å². The minimum Gasteiger partial charge on any atom is -0.443 e. The van der Waals surface area contributed by atoms with Crippen molar-refractivity contribution in [3.05, 3.63) is 59.1 Å². The first kappa shape index (κ1) is 19.0. The first-order valence-electron chi connectivity index (χ1n) is 8.01. The Labute approximate surface area is 169 Å². The molecule has 1 aliphatic rings. The summed E-state index contributed by atoms with van der Waals surface area (Å²) < 4.78 is 3.96. The molecule has 0 saturated carbocycles. The van der Waals surface area contributed by atoms with Crippen LogP contribution in [0.3, 0.4) is 0 Å². The van der Waals surface area contributed by atoms with Gasteiger partial charge >= 0.3 is 3.61 Å². The van der Waals surface area contributed by atoms with E-state index >= 15 is 0 Å². The van der Waals surface area contributed by atoms with Crippen LogP contribution in [0.15, 0.2) is 48.5 Å². The number of hydrogen-bond acceptors (Lipinski definition) is 4. The van der Waals surface area contributed by atoms with Gasteiger partial charge in [0.15, 0.2) is 0 Å². The second-order valence-corrected chi connectivity index (χ2v) is 9.53. The number of nitrogens with zero attached hydrogens (tertiary/aromatic N) is 2. The molecule has 0 unspecified atom stereocenters. The summed E-state index contributed by atoms with van der Waals surface area (Å²) in [5, 5.41) is 10.6. The maximum Gasteiger partial charge on any atom is 0.324 e. The molecule has 1 heterocycles. The molecule has 0 spiro atoms. The lowest BCUT2D eigenvalue weighted by Crippen LogP contribution is -2.46. The molecule has 25 heavy (non-hydrogen) atoms. The zero-order chi connectivity index (χ0) is 17.9. The van der Waals surface area contributed by atoms with Gasteiger partial charge in [0.1, 0.15) is 5.75 Å². The summed E-state index contributed by atoms with van der Waals surface area (Å²) in [5.74, 6) is 0.646. The summed E-state index contributed by atoms with van der Waals surface area (Å²) in [6.07, 6.45) is 0. The topological polar surface area (TPSA) is 35.9 Å². The molecule has 2 aromatic rings. The van der Waals surface area contributed by atoms with Gasteiger partial charge in [-0.3, -0.25) is 4.90 Å². The van der Waals surface area contributed by atoms with Crippen LogP contribution in [0.4, 0.5) is 5.69 Å². The van der Waals surface area contributed by atoms with E-state index in [-0.39, 0.29) is 0 Å². The number of alkyl halides is 2. The number of rotatable bonds is 5. The highest BCUT2D eigenvalue weighted by Crippen LogP contribution is 2.31. The number of halogens is 3. The van der Waals surface area contributed by atoms with Crippen molar-refractivity contribution >= 4 is 49.1 Å². The number of benzene rings is 2. The van der Waals surface area contributed by atoms with Gasteiger partial charge in [0.2, 0.25) is 0 Å². The summed E-state index contributed by atoms with van der Waals surface area (Å²) >= 11 is 12.4. The summed E-state index contributed by atoms with van der Waals surface area (Å²) in [4.78, 5) is 4.69. The standard InChI is InChI=1S/C18H19Br2ClN2O2/c19-18(20,24)25-17-8-4-1-5-14(17)13-22-9-11-23(12-10-22)16-7-3-2-6-15(16)21/h1-8,24H,9-13H2. The molecule has 3 rings (SSSR count). The third-order valence-corrected chi connectivity index (χ3v) is 4.81. The molecule has 134 valence electrons. The van der Waals surface area contributed by atoms with Crippen molar-refractivity contribution in [3.63, 3.8) is 0 Å². The molecule has 0 amide bonds.